The summed E-state index contributed by atoms with van der Waals surface area (Å²) in [5.41, 5.74) is 4.28. The van der Waals surface area contributed by atoms with Crippen LogP contribution in [0.3, 0.4) is 0 Å². The van der Waals surface area contributed by atoms with Gasteiger partial charge in [0.1, 0.15) is 5.54 Å². The van der Waals surface area contributed by atoms with Crippen molar-refractivity contribution in [1.82, 2.24) is 5.32 Å². The van der Waals surface area contributed by atoms with Gasteiger partial charge in [-0.15, -0.1) is 0 Å². The van der Waals surface area contributed by atoms with Crippen LogP contribution in [0, 0.1) is 0 Å². The first-order valence-corrected chi connectivity index (χ1v) is 3.61. The van der Waals surface area contributed by atoms with Crippen molar-refractivity contribution in [3.05, 3.63) is 0 Å². The van der Waals surface area contributed by atoms with Gasteiger partial charge in [0, 0.05) is 6.04 Å². The third-order valence-corrected chi connectivity index (χ3v) is 1.27. The molecule has 1 amide bonds. The summed E-state index contributed by atoms with van der Waals surface area (Å²) >= 11 is 0. The van der Waals surface area contributed by atoms with Crippen LogP contribution in [0.1, 0.15) is 20.8 Å². The average molecular weight is 160 g/mol. The predicted molar refractivity (Wildman–Crippen MR) is 43.0 cm³/mol. The molecule has 0 aromatic carbocycles. The van der Waals surface area contributed by atoms with Crippen LogP contribution in [0.2, 0.25) is 0 Å². The number of carbonyl (C=O) groups is 1. The lowest BCUT2D eigenvalue weighted by Crippen LogP contribution is -2.55. The van der Waals surface area contributed by atoms with Gasteiger partial charge < -0.3 is 16.2 Å². The van der Waals surface area contributed by atoms with Gasteiger partial charge in [-0.2, -0.15) is 0 Å². The van der Waals surface area contributed by atoms with E-state index in [1.165, 1.54) is 6.92 Å². The first-order chi connectivity index (χ1) is 4.90. The van der Waals surface area contributed by atoms with Gasteiger partial charge >= 0.3 is 0 Å². The fourth-order valence-corrected chi connectivity index (χ4v) is 0.499. The highest BCUT2D eigenvalue weighted by molar-refractivity contribution is 5.85. The molecule has 1 atom stereocenters. The molecule has 0 spiro atoms. The van der Waals surface area contributed by atoms with Crippen molar-refractivity contribution < 1.29 is 9.90 Å². The minimum atomic E-state index is -1.16. The van der Waals surface area contributed by atoms with E-state index < -0.39 is 5.54 Å². The van der Waals surface area contributed by atoms with Gasteiger partial charge in [-0.1, -0.05) is 0 Å². The Morgan fingerprint density at radius 2 is 2.18 bits per heavy atom. The third-order valence-electron chi connectivity index (χ3n) is 1.27. The molecule has 0 saturated carbocycles. The molecule has 0 aliphatic heterocycles. The maximum Gasteiger partial charge on any atom is 0.242 e. The SMILES string of the molecule is CC(C)NC(=O)[C@@](C)(N)CO. The van der Waals surface area contributed by atoms with Crippen LogP contribution < -0.4 is 11.1 Å². The van der Waals surface area contributed by atoms with Crippen LogP contribution in [-0.4, -0.2) is 29.2 Å². The Balaban J connectivity index is 4.02. The number of amides is 1. The summed E-state index contributed by atoms with van der Waals surface area (Å²) in [5, 5.41) is 11.3. The molecule has 4 N–H and O–H groups in total. The molecule has 0 unspecified atom stereocenters. The van der Waals surface area contributed by atoms with E-state index in [2.05, 4.69) is 5.32 Å². The van der Waals surface area contributed by atoms with Gasteiger partial charge in [0.2, 0.25) is 5.91 Å². The smallest absolute Gasteiger partial charge is 0.242 e. The maximum atomic E-state index is 11.1. The van der Waals surface area contributed by atoms with Gasteiger partial charge in [-0.25, -0.2) is 0 Å². The van der Waals surface area contributed by atoms with E-state index in [1.54, 1.807) is 0 Å². The lowest BCUT2D eigenvalue weighted by molar-refractivity contribution is -0.127. The first kappa shape index (κ1) is 10.4. The van der Waals surface area contributed by atoms with Gasteiger partial charge in [0.15, 0.2) is 0 Å². The highest BCUT2D eigenvalue weighted by Gasteiger charge is 2.27. The normalized spacial score (nSPS) is 16.2. The van der Waals surface area contributed by atoms with Gasteiger partial charge in [0.05, 0.1) is 6.61 Å². The zero-order valence-corrected chi connectivity index (χ0v) is 7.22. The van der Waals surface area contributed by atoms with E-state index in [-0.39, 0.29) is 18.6 Å². The number of carbonyl (C=O) groups excluding carboxylic acids is 1. The number of hydrogen-bond donors (Lipinski definition) is 3. The van der Waals surface area contributed by atoms with E-state index in [4.69, 9.17) is 10.8 Å². The lowest BCUT2D eigenvalue weighted by Gasteiger charge is -2.21. The van der Waals surface area contributed by atoms with Crippen molar-refractivity contribution in [2.24, 2.45) is 5.73 Å². The fourth-order valence-electron chi connectivity index (χ4n) is 0.499. The molecular weight excluding hydrogens is 144 g/mol. The molecule has 0 fully saturated rings. The Labute approximate surface area is 66.8 Å². The van der Waals surface area contributed by atoms with Crippen LogP contribution in [0.5, 0.6) is 0 Å². The fraction of sp³-hybridized carbons (Fsp3) is 0.857. The molecule has 0 aliphatic rings. The van der Waals surface area contributed by atoms with E-state index in [1.807, 2.05) is 13.8 Å². The van der Waals surface area contributed by atoms with Crippen molar-refractivity contribution in [2.75, 3.05) is 6.61 Å². The molecule has 0 aromatic heterocycles. The standard InChI is InChI=1S/C7H16N2O2/c1-5(2)9-6(11)7(3,8)4-10/h5,10H,4,8H2,1-3H3,(H,9,11)/t7-/m0/s1. The van der Waals surface area contributed by atoms with Crippen LogP contribution in [0.4, 0.5) is 0 Å². The molecule has 4 heteroatoms. The molecule has 0 rings (SSSR count). The summed E-state index contributed by atoms with van der Waals surface area (Å²) < 4.78 is 0. The number of nitrogens with two attached hydrogens (primary N) is 1. The van der Waals surface area contributed by atoms with E-state index in [0.717, 1.165) is 0 Å². The van der Waals surface area contributed by atoms with Gasteiger partial charge in [-0.3, -0.25) is 4.79 Å². The Morgan fingerprint density at radius 1 is 1.73 bits per heavy atom. The summed E-state index contributed by atoms with van der Waals surface area (Å²) in [6.07, 6.45) is 0. The first-order valence-electron chi connectivity index (χ1n) is 3.61. The summed E-state index contributed by atoms with van der Waals surface area (Å²) in [5.74, 6) is -0.324. The van der Waals surface area contributed by atoms with E-state index in [0.29, 0.717) is 0 Å². The summed E-state index contributed by atoms with van der Waals surface area (Å²) in [4.78, 5) is 11.1. The van der Waals surface area contributed by atoms with E-state index >= 15 is 0 Å². The summed E-state index contributed by atoms with van der Waals surface area (Å²) in [6.45, 7) is 4.83. The topological polar surface area (TPSA) is 75.4 Å². The molecule has 0 aromatic rings. The number of nitrogens with one attached hydrogen (secondary N) is 1. The lowest BCUT2D eigenvalue weighted by atomic mass is 10.0. The monoisotopic (exact) mass is 160 g/mol. The second-order valence-corrected chi connectivity index (χ2v) is 3.20. The Bertz CT molecular complexity index is 143. The Morgan fingerprint density at radius 3 is 2.45 bits per heavy atom. The second-order valence-electron chi connectivity index (χ2n) is 3.20. The number of hydrogen-bond acceptors (Lipinski definition) is 3. The van der Waals surface area contributed by atoms with Crippen molar-refractivity contribution in [3.63, 3.8) is 0 Å². The zero-order valence-electron chi connectivity index (χ0n) is 7.22. The predicted octanol–water partition coefficient (Wildman–Crippen LogP) is -0.779. The highest BCUT2D eigenvalue weighted by Crippen LogP contribution is 1.97. The quantitative estimate of drug-likeness (QED) is 0.507. The van der Waals surface area contributed by atoms with Gasteiger partial charge in [0.25, 0.3) is 0 Å². The van der Waals surface area contributed by atoms with Crippen molar-refractivity contribution in [1.29, 1.82) is 0 Å². The minimum Gasteiger partial charge on any atom is -0.394 e. The largest absolute Gasteiger partial charge is 0.394 e. The molecule has 11 heavy (non-hydrogen) atoms. The number of aliphatic hydroxyl groups is 1. The zero-order chi connectivity index (χ0) is 9.07. The highest BCUT2D eigenvalue weighted by atomic mass is 16.3. The van der Waals surface area contributed by atoms with Crippen molar-refractivity contribution in [3.8, 4) is 0 Å². The maximum absolute atomic E-state index is 11.1. The molecule has 0 heterocycles. The number of rotatable bonds is 3. The average Bonchev–Trinajstić information content (AvgIpc) is 1.86. The molecular formula is C7H16N2O2. The molecule has 0 bridgehead atoms. The van der Waals surface area contributed by atoms with Crippen LogP contribution in [0.25, 0.3) is 0 Å². The Hall–Kier alpha value is -0.610. The van der Waals surface area contributed by atoms with E-state index in [9.17, 15) is 4.79 Å². The Kier molecular flexibility index (Phi) is 3.48. The van der Waals surface area contributed by atoms with Crippen molar-refractivity contribution in [2.45, 2.75) is 32.4 Å². The minimum absolute atomic E-state index is 0.0527. The summed E-state index contributed by atoms with van der Waals surface area (Å²) in [7, 11) is 0. The van der Waals surface area contributed by atoms with Gasteiger partial charge in [-0.05, 0) is 20.8 Å². The summed E-state index contributed by atoms with van der Waals surface area (Å²) in [6, 6.07) is 0.0527. The second kappa shape index (κ2) is 3.69. The van der Waals surface area contributed by atoms with Crippen molar-refractivity contribution >= 4 is 5.91 Å². The molecule has 0 saturated heterocycles. The molecule has 0 radical (unpaired) electrons. The molecule has 66 valence electrons. The molecule has 0 aliphatic carbocycles. The molecule has 4 nitrogen and oxygen atoms in total. The number of aliphatic hydroxyl groups excluding tert-OH is 1. The third kappa shape index (κ3) is 3.34. The van der Waals surface area contributed by atoms with Crippen LogP contribution in [-0.2, 0) is 4.79 Å². The van der Waals surface area contributed by atoms with Crippen LogP contribution in [0.15, 0.2) is 0 Å². The van der Waals surface area contributed by atoms with Crippen LogP contribution >= 0.6 is 0 Å².